The summed E-state index contributed by atoms with van der Waals surface area (Å²) in [4.78, 5) is 39.3. The van der Waals surface area contributed by atoms with Crippen LogP contribution in [0, 0.1) is 0 Å². The second kappa shape index (κ2) is 7.16. The zero-order valence-corrected chi connectivity index (χ0v) is 14.0. The molecule has 0 radical (unpaired) electrons. The van der Waals surface area contributed by atoms with Gasteiger partial charge in [0.15, 0.2) is 0 Å². The third kappa shape index (κ3) is 3.12. The first kappa shape index (κ1) is 18.5. The number of ether oxygens (including phenoxy) is 1. The maximum atomic E-state index is 12.8. The third-order valence-electron chi connectivity index (χ3n) is 4.84. The summed E-state index contributed by atoms with van der Waals surface area (Å²) in [6.45, 7) is 0.511. The zero-order chi connectivity index (χ0) is 18.9. The minimum absolute atomic E-state index is 0.00930. The van der Waals surface area contributed by atoms with E-state index in [2.05, 4.69) is 0 Å². The summed E-state index contributed by atoms with van der Waals surface area (Å²) < 4.78 is 5.40. The predicted molar refractivity (Wildman–Crippen MR) is 89.9 cm³/mol. The molecule has 0 bridgehead atoms. The molecular weight excluding hydrogens is 343 g/mol. The SMILES string of the molecule is O=Cc1cc(C(=O)N2CC(=O)N3CCOCC3(CO)C2)ccc1B(O)O. The van der Waals surface area contributed by atoms with E-state index >= 15 is 0 Å². The molecule has 26 heavy (non-hydrogen) atoms. The van der Waals surface area contributed by atoms with Crippen LogP contribution in [0.25, 0.3) is 0 Å². The number of aliphatic hydroxyl groups is 1. The summed E-state index contributed by atoms with van der Waals surface area (Å²) in [5.41, 5.74) is -0.862. The van der Waals surface area contributed by atoms with Gasteiger partial charge in [-0.2, -0.15) is 0 Å². The molecule has 2 saturated heterocycles. The van der Waals surface area contributed by atoms with Gasteiger partial charge in [0, 0.05) is 24.2 Å². The van der Waals surface area contributed by atoms with E-state index in [0.29, 0.717) is 19.4 Å². The molecule has 2 heterocycles. The lowest BCUT2D eigenvalue weighted by atomic mass is 9.76. The Labute approximate surface area is 149 Å². The first-order chi connectivity index (χ1) is 12.4. The number of hydrogen-bond acceptors (Lipinski definition) is 7. The van der Waals surface area contributed by atoms with Crippen LogP contribution in [-0.2, 0) is 9.53 Å². The fourth-order valence-corrected chi connectivity index (χ4v) is 3.47. The summed E-state index contributed by atoms with van der Waals surface area (Å²) in [5, 5.41) is 28.3. The van der Waals surface area contributed by atoms with Crippen molar-refractivity contribution in [2.45, 2.75) is 5.54 Å². The van der Waals surface area contributed by atoms with Crippen LogP contribution in [0.4, 0.5) is 0 Å². The predicted octanol–water partition coefficient (Wildman–Crippen LogP) is -2.78. The smallest absolute Gasteiger partial charge is 0.423 e. The molecule has 3 rings (SSSR count). The number of aldehydes is 1. The van der Waals surface area contributed by atoms with Crippen LogP contribution in [0.2, 0.25) is 0 Å². The number of piperazine rings is 1. The van der Waals surface area contributed by atoms with Gasteiger partial charge in [0.1, 0.15) is 18.4 Å². The van der Waals surface area contributed by atoms with Gasteiger partial charge in [-0.25, -0.2) is 0 Å². The van der Waals surface area contributed by atoms with Crippen LogP contribution >= 0.6 is 0 Å². The largest absolute Gasteiger partial charge is 0.489 e. The molecule has 2 aliphatic rings. The maximum absolute atomic E-state index is 12.8. The van der Waals surface area contributed by atoms with Crippen molar-refractivity contribution in [1.82, 2.24) is 9.80 Å². The average molecular weight is 362 g/mol. The molecule has 2 aliphatic heterocycles. The zero-order valence-electron chi connectivity index (χ0n) is 14.0. The average Bonchev–Trinajstić information content (AvgIpc) is 2.66. The van der Waals surface area contributed by atoms with E-state index in [1.807, 2.05) is 0 Å². The number of aliphatic hydroxyl groups excluding tert-OH is 1. The van der Waals surface area contributed by atoms with Gasteiger partial charge in [-0.05, 0) is 17.6 Å². The van der Waals surface area contributed by atoms with Gasteiger partial charge in [-0.1, -0.05) is 6.07 Å². The summed E-state index contributed by atoms with van der Waals surface area (Å²) in [5.74, 6) is -0.765. The minimum Gasteiger partial charge on any atom is -0.423 e. The summed E-state index contributed by atoms with van der Waals surface area (Å²) in [6.07, 6.45) is 0.429. The van der Waals surface area contributed by atoms with E-state index in [1.54, 1.807) is 4.90 Å². The lowest BCUT2D eigenvalue weighted by Crippen LogP contribution is -2.71. The van der Waals surface area contributed by atoms with Crippen LogP contribution in [0.15, 0.2) is 18.2 Å². The van der Waals surface area contributed by atoms with E-state index in [-0.39, 0.29) is 48.8 Å². The molecule has 1 aromatic rings. The molecule has 1 unspecified atom stereocenters. The number of carbonyl (C=O) groups excluding carboxylic acids is 3. The standard InChI is InChI=1S/C16H19BN2O7/c20-7-12-5-11(1-2-13(12)17(24)25)15(23)18-6-14(22)19-3-4-26-10-16(19,8-18)9-21/h1-2,5,7,21,24-25H,3-4,6,8-10H2. The van der Waals surface area contributed by atoms with E-state index in [1.165, 1.54) is 23.1 Å². The molecule has 1 atom stereocenters. The molecule has 0 aromatic heterocycles. The molecule has 1 aromatic carbocycles. The van der Waals surface area contributed by atoms with Crippen molar-refractivity contribution in [3.05, 3.63) is 29.3 Å². The van der Waals surface area contributed by atoms with E-state index < -0.39 is 18.6 Å². The highest BCUT2D eigenvalue weighted by Crippen LogP contribution is 2.26. The van der Waals surface area contributed by atoms with Crippen molar-refractivity contribution in [2.75, 3.05) is 39.5 Å². The number of fused-ring (bicyclic) bond motifs is 1. The molecule has 2 amide bonds. The lowest BCUT2D eigenvalue weighted by Gasteiger charge is -2.51. The Morgan fingerprint density at radius 1 is 1.38 bits per heavy atom. The van der Waals surface area contributed by atoms with Gasteiger partial charge in [-0.3, -0.25) is 14.4 Å². The van der Waals surface area contributed by atoms with Crippen LogP contribution in [0.3, 0.4) is 0 Å². The maximum Gasteiger partial charge on any atom is 0.489 e. The topological polar surface area (TPSA) is 128 Å². The molecule has 10 heteroatoms. The Bertz CT molecular complexity index is 741. The normalized spacial score (nSPS) is 22.8. The molecular formula is C16H19BN2O7. The van der Waals surface area contributed by atoms with Crippen molar-refractivity contribution in [1.29, 1.82) is 0 Å². The highest BCUT2D eigenvalue weighted by atomic mass is 16.5. The number of benzene rings is 1. The Kier molecular flexibility index (Phi) is 5.10. The van der Waals surface area contributed by atoms with Crippen LogP contribution in [-0.4, -0.2) is 95.2 Å². The van der Waals surface area contributed by atoms with E-state index in [9.17, 15) is 29.5 Å². The fraction of sp³-hybridized carbons (Fsp3) is 0.438. The number of hydrogen-bond donors (Lipinski definition) is 3. The van der Waals surface area contributed by atoms with Crippen molar-refractivity contribution in [3.63, 3.8) is 0 Å². The first-order valence-electron chi connectivity index (χ1n) is 8.15. The van der Waals surface area contributed by atoms with Gasteiger partial charge in [0.05, 0.1) is 19.8 Å². The monoisotopic (exact) mass is 362 g/mol. The van der Waals surface area contributed by atoms with Gasteiger partial charge in [0.2, 0.25) is 5.91 Å². The van der Waals surface area contributed by atoms with E-state index in [4.69, 9.17) is 4.74 Å². The Balaban J connectivity index is 1.88. The number of amides is 2. The van der Waals surface area contributed by atoms with Crippen molar-refractivity contribution < 1.29 is 34.3 Å². The highest BCUT2D eigenvalue weighted by Gasteiger charge is 2.48. The number of rotatable bonds is 4. The minimum atomic E-state index is -1.83. The second-order valence-electron chi connectivity index (χ2n) is 6.48. The van der Waals surface area contributed by atoms with Gasteiger partial charge in [0.25, 0.3) is 5.91 Å². The highest BCUT2D eigenvalue weighted by molar-refractivity contribution is 6.60. The fourth-order valence-electron chi connectivity index (χ4n) is 3.47. The second-order valence-corrected chi connectivity index (χ2v) is 6.48. The van der Waals surface area contributed by atoms with Gasteiger partial charge < -0.3 is 29.7 Å². The third-order valence-corrected chi connectivity index (χ3v) is 4.84. The number of carbonyl (C=O) groups is 3. The number of nitrogens with zero attached hydrogens (tertiary/aromatic N) is 2. The van der Waals surface area contributed by atoms with Crippen molar-refractivity contribution in [2.24, 2.45) is 0 Å². The molecule has 138 valence electrons. The Morgan fingerprint density at radius 3 is 2.81 bits per heavy atom. The Morgan fingerprint density at radius 2 is 2.15 bits per heavy atom. The van der Waals surface area contributed by atoms with Crippen LogP contribution in [0.1, 0.15) is 20.7 Å². The molecule has 0 spiro atoms. The van der Waals surface area contributed by atoms with Gasteiger partial charge in [-0.15, -0.1) is 0 Å². The lowest BCUT2D eigenvalue weighted by molar-refractivity contribution is -0.165. The number of morpholine rings is 1. The molecule has 9 nitrogen and oxygen atoms in total. The molecule has 0 aliphatic carbocycles. The van der Waals surface area contributed by atoms with Crippen molar-refractivity contribution in [3.8, 4) is 0 Å². The first-order valence-corrected chi connectivity index (χ1v) is 8.15. The molecule has 3 N–H and O–H groups in total. The summed E-state index contributed by atoms with van der Waals surface area (Å²) in [6, 6.07) is 3.90. The van der Waals surface area contributed by atoms with Crippen LogP contribution in [0.5, 0.6) is 0 Å². The molecule has 0 saturated carbocycles. The van der Waals surface area contributed by atoms with Crippen LogP contribution < -0.4 is 5.46 Å². The van der Waals surface area contributed by atoms with Gasteiger partial charge >= 0.3 is 7.12 Å². The quantitative estimate of drug-likeness (QED) is 0.391. The molecule has 2 fully saturated rings. The van der Waals surface area contributed by atoms with Crippen molar-refractivity contribution >= 4 is 30.7 Å². The summed E-state index contributed by atoms with van der Waals surface area (Å²) >= 11 is 0. The van der Waals surface area contributed by atoms with E-state index in [0.717, 1.165) is 0 Å². The Hall–Kier alpha value is -2.27. The summed E-state index contributed by atoms with van der Waals surface area (Å²) in [7, 11) is -1.83.